The molecule has 0 aliphatic rings. The number of benzene rings is 1. The lowest BCUT2D eigenvalue weighted by molar-refractivity contribution is 1.01. The largest absolute Gasteiger partial charge is 0.269 e. The van der Waals surface area contributed by atoms with Crippen molar-refractivity contribution in [3.63, 3.8) is 0 Å². The SMILES string of the molecule is Cc1ccc(CSCc2cc(=O)n3ccccc3n2)cc1. The van der Waals surface area contributed by atoms with Crippen molar-refractivity contribution in [3.05, 3.63) is 81.9 Å². The van der Waals surface area contributed by atoms with Gasteiger partial charge < -0.3 is 0 Å². The molecular formula is C17H16N2OS. The summed E-state index contributed by atoms with van der Waals surface area (Å²) in [7, 11) is 0. The average Bonchev–Trinajstić information content (AvgIpc) is 2.49. The highest BCUT2D eigenvalue weighted by atomic mass is 32.2. The molecule has 0 atom stereocenters. The molecular weight excluding hydrogens is 280 g/mol. The van der Waals surface area contributed by atoms with Gasteiger partial charge in [-0.3, -0.25) is 9.20 Å². The number of hydrogen-bond donors (Lipinski definition) is 0. The summed E-state index contributed by atoms with van der Waals surface area (Å²) >= 11 is 1.77. The molecule has 0 N–H and O–H groups in total. The van der Waals surface area contributed by atoms with Gasteiger partial charge in [-0.25, -0.2) is 4.98 Å². The second-order valence-corrected chi connectivity index (χ2v) is 5.98. The van der Waals surface area contributed by atoms with E-state index in [1.807, 2.05) is 18.2 Å². The van der Waals surface area contributed by atoms with Gasteiger partial charge in [-0.15, -0.1) is 0 Å². The molecule has 106 valence electrons. The zero-order chi connectivity index (χ0) is 14.7. The Bertz CT molecular complexity index is 809. The number of thioether (sulfide) groups is 1. The number of nitrogens with zero attached hydrogens (tertiary/aromatic N) is 2. The van der Waals surface area contributed by atoms with Gasteiger partial charge in [0.05, 0.1) is 5.69 Å². The summed E-state index contributed by atoms with van der Waals surface area (Å²) in [5.74, 6) is 1.67. The zero-order valence-corrected chi connectivity index (χ0v) is 12.6. The number of fused-ring (bicyclic) bond motifs is 1. The molecule has 0 unspecified atom stereocenters. The third-order valence-electron chi connectivity index (χ3n) is 3.26. The highest BCUT2D eigenvalue weighted by Gasteiger charge is 2.02. The molecule has 0 radical (unpaired) electrons. The lowest BCUT2D eigenvalue weighted by atomic mass is 10.2. The highest BCUT2D eigenvalue weighted by Crippen LogP contribution is 2.17. The van der Waals surface area contributed by atoms with Crippen molar-refractivity contribution in [2.24, 2.45) is 0 Å². The van der Waals surface area contributed by atoms with Crippen LogP contribution in [0.4, 0.5) is 0 Å². The molecule has 3 aromatic rings. The van der Waals surface area contributed by atoms with E-state index in [-0.39, 0.29) is 5.56 Å². The van der Waals surface area contributed by atoms with Crippen LogP contribution < -0.4 is 5.56 Å². The van der Waals surface area contributed by atoms with Crippen molar-refractivity contribution in [1.82, 2.24) is 9.38 Å². The van der Waals surface area contributed by atoms with E-state index in [0.29, 0.717) is 5.65 Å². The Morgan fingerprint density at radius 3 is 2.71 bits per heavy atom. The highest BCUT2D eigenvalue weighted by molar-refractivity contribution is 7.97. The van der Waals surface area contributed by atoms with E-state index in [2.05, 4.69) is 36.2 Å². The van der Waals surface area contributed by atoms with Crippen LogP contribution in [0, 0.1) is 6.92 Å². The molecule has 21 heavy (non-hydrogen) atoms. The molecule has 3 nitrogen and oxygen atoms in total. The van der Waals surface area contributed by atoms with Gasteiger partial charge in [-0.2, -0.15) is 11.8 Å². The van der Waals surface area contributed by atoms with Crippen LogP contribution in [0.15, 0.2) is 59.5 Å². The molecule has 0 aliphatic heterocycles. The van der Waals surface area contributed by atoms with Gasteiger partial charge in [0.2, 0.25) is 0 Å². The van der Waals surface area contributed by atoms with E-state index in [9.17, 15) is 4.79 Å². The first-order valence-corrected chi connectivity index (χ1v) is 7.98. The Labute approximate surface area is 127 Å². The molecule has 0 saturated heterocycles. The second-order valence-electron chi connectivity index (χ2n) is 4.99. The van der Waals surface area contributed by atoms with Crippen LogP contribution in [-0.4, -0.2) is 9.38 Å². The number of pyridine rings is 1. The van der Waals surface area contributed by atoms with Crippen molar-refractivity contribution in [2.45, 2.75) is 18.4 Å². The molecule has 4 heteroatoms. The van der Waals surface area contributed by atoms with Crippen LogP contribution in [0.1, 0.15) is 16.8 Å². The van der Waals surface area contributed by atoms with Crippen LogP contribution in [0.5, 0.6) is 0 Å². The molecule has 0 aliphatic carbocycles. The van der Waals surface area contributed by atoms with Crippen LogP contribution in [-0.2, 0) is 11.5 Å². The topological polar surface area (TPSA) is 34.4 Å². The molecule has 0 fully saturated rings. The van der Waals surface area contributed by atoms with Crippen LogP contribution in [0.3, 0.4) is 0 Å². The molecule has 3 rings (SSSR count). The zero-order valence-electron chi connectivity index (χ0n) is 11.8. The minimum Gasteiger partial charge on any atom is -0.269 e. The van der Waals surface area contributed by atoms with Gasteiger partial charge in [0, 0.05) is 23.8 Å². The minimum atomic E-state index is -0.0217. The molecule has 1 aromatic carbocycles. The van der Waals surface area contributed by atoms with Gasteiger partial charge in [-0.1, -0.05) is 35.9 Å². The summed E-state index contributed by atoms with van der Waals surface area (Å²) in [5.41, 5.74) is 4.09. The minimum absolute atomic E-state index is 0.0217. The Morgan fingerprint density at radius 1 is 1.10 bits per heavy atom. The van der Waals surface area contributed by atoms with Crippen LogP contribution in [0.2, 0.25) is 0 Å². The summed E-state index contributed by atoms with van der Waals surface area (Å²) < 4.78 is 1.56. The van der Waals surface area contributed by atoms with Crippen molar-refractivity contribution in [3.8, 4) is 0 Å². The first-order valence-electron chi connectivity index (χ1n) is 6.83. The number of aryl methyl sites for hydroxylation is 1. The first kappa shape index (κ1) is 13.9. The van der Waals surface area contributed by atoms with E-state index in [4.69, 9.17) is 0 Å². The van der Waals surface area contributed by atoms with Crippen LogP contribution in [0.25, 0.3) is 5.65 Å². The predicted molar refractivity (Wildman–Crippen MR) is 87.6 cm³/mol. The maximum absolute atomic E-state index is 12.0. The molecule has 0 bridgehead atoms. The van der Waals surface area contributed by atoms with Crippen molar-refractivity contribution in [2.75, 3.05) is 0 Å². The van der Waals surface area contributed by atoms with Gasteiger partial charge in [0.25, 0.3) is 5.56 Å². The summed E-state index contributed by atoms with van der Waals surface area (Å²) in [6.45, 7) is 2.09. The van der Waals surface area contributed by atoms with E-state index < -0.39 is 0 Å². The molecule has 0 spiro atoms. The fraction of sp³-hybridized carbons (Fsp3) is 0.176. The van der Waals surface area contributed by atoms with Crippen molar-refractivity contribution >= 4 is 17.4 Å². The monoisotopic (exact) mass is 296 g/mol. The summed E-state index contributed by atoms with van der Waals surface area (Å²) in [6.07, 6.45) is 1.74. The van der Waals surface area contributed by atoms with E-state index in [0.717, 1.165) is 17.2 Å². The van der Waals surface area contributed by atoms with E-state index in [1.165, 1.54) is 11.1 Å². The Hall–Kier alpha value is -2.07. The fourth-order valence-corrected chi connectivity index (χ4v) is 3.02. The van der Waals surface area contributed by atoms with E-state index >= 15 is 0 Å². The van der Waals surface area contributed by atoms with Gasteiger partial charge in [0.15, 0.2) is 0 Å². The maximum Gasteiger partial charge on any atom is 0.258 e. The molecule has 0 amide bonds. The van der Waals surface area contributed by atoms with Crippen molar-refractivity contribution < 1.29 is 0 Å². The normalized spacial score (nSPS) is 10.9. The third kappa shape index (κ3) is 3.34. The van der Waals surface area contributed by atoms with Gasteiger partial charge >= 0.3 is 0 Å². The maximum atomic E-state index is 12.0. The third-order valence-corrected chi connectivity index (χ3v) is 4.30. The van der Waals surface area contributed by atoms with Gasteiger partial charge in [0.1, 0.15) is 5.65 Å². The average molecular weight is 296 g/mol. The quantitative estimate of drug-likeness (QED) is 0.739. The second kappa shape index (κ2) is 6.14. The number of hydrogen-bond acceptors (Lipinski definition) is 3. The van der Waals surface area contributed by atoms with E-state index in [1.54, 1.807) is 28.4 Å². The number of rotatable bonds is 4. The molecule has 2 heterocycles. The standard InChI is InChI=1S/C17H16N2OS/c1-13-5-7-14(8-6-13)11-21-12-15-10-17(20)19-9-3-2-4-16(19)18-15/h2-10H,11-12H2,1H3. The predicted octanol–water partition coefficient (Wildman–Crippen LogP) is 3.44. The smallest absolute Gasteiger partial charge is 0.258 e. The Kier molecular flexibility index (Phi) is 4.06. The van der Waals surface area contributed by atoms with Crippen molar-refractivity contribution in [1.29, 1.82) is 0 Å². The fourth-order valence-electron chi connectivity index (χ4n) is 2.13. The Balaban J connectivity index is 1.70. The summed E-state index contributed by atoms with van der Waals surface area (Å²) in [5, 5.41) is 0. The summed E-state index contributed by atoms with van der Waals surface area (Å²) in [4.78, 5) is 16.5. The Morgan fingerprint density at radius 2 is 1.90 bits per heavy atom. The number of aromatic nitrogens is 2. The lowest BCUT2D eigenvalue weighted by Gasteiger charge is -2.04. The lowest BCUT2D eigenvalue weighted by Crippen LogP contribution is -2.14. The molecule has 0 saturated carbocycles. The summed E-state index contributed by atoms with van der Waals surface area (Å²) in [6, 6.07) is 15.7. The van der Waals surface area contributed by atoms with Gasteiger partial charge in [-0.05, 0) is 24.6 Å². The first-order chi connectivity index (χ1) is 10.2. The van der Waals surface area contributed by atoms with Crippen LogP contribution >= 0.6 is 11.8 Å². The molecule has 2 aromatic heterocycles.